The molecule has 0 saturated carbocycles. The molecule has 2 fully saturated rings. The molecular weight excluding hydrogens is 368 g/mol. The van der Waals surface area contributed by atoms with E-state index in [1.807, 2.05) is 53.4 Å². The molecule has 0 radical (unpaired) electrons. The Bertz CT molecular complexity index is 892. The lowest BCUT2D eigenvalue weighted by Gasteiger charge is -2.32. The van der Waals surface area contributed by atoms with Crippen molar-refractivity contribution in [2.45, 2.75) is 18.9 Å². The summed E-state index contributed by atoms with van der Waals surface area (Å²) in [6.45, 7) is 2.94. The lowest BCUT2D eigenvalue weighted by atomic mass is 10.0. The predicted octanol–water partition coefficient (Wildman–Crippen LogP) is 2.83. The molecule has 0 spiro atoms. The highest BCUT2D eigenvalue weighted by Gasteiger charge is 2.37. The maximum Gasteiger partial charge on any atom is 0.254 e. The molecule has 0 N–H and O–H groups in total. The molecule has 2 heterocycles. The van der Waals surface area contributed by atoms with Crippen molar-refractivity contribution in [3.05, 3.63) is 54.1 Å². The van der Waals surface area contributed by atoms with Crippen LogP contribution in [0.2, 0.25) is 0 Å². The molecule has 0 aromatic heterocycles. The molecule has 2 saturated heterocycles. The number of nitrogens with zero attached hydrogens (tertiary/aromatic N) is 2. The largest absolute Gasteiger partial charge is 0.497 e. The topological polar surface area (TPSA) is 59.1 Å². The van der Waals surface area contributed by atoms with Crippen LogP contribution in [-0.4, -0.2) is 67.6 Å². The average molecular weight is 394 g/mol. The second kappa shape index (κ2) is 8.66. The Hall–Kier alpha value is -2.86. The number of methoxy groups -OCH3 is 1. The summed E-state index contributed by atoms with van der Waals surface area (Å²) in [4.78, 5) is 29.8. The summed E-state index contributed by atoms with van der Waals surface area (Å²) in [5, 5.41) is 0. The van der Waals surface area contributed by atoms with Crippen LogP contribution < -0.4 is 4.74 Å². The Morgan fingerprint density at radius 2 is 1.72 bits per heavy atom. The number of morpholine rings is 1. The maximum absolute atomic E-state index is 13.3. The summed E-state index contributed by atoms with van der Waals surface area (Å²) in [6.07, 6.45) is 1.57. The van der Waals surface area contributed by atoms with Gasteiger partial charge in [-0.05, 0) is 48.2 Å². The van der Waals surface area contributed by atoms with E-state index in [9.17, 15) is 9.59 Å². The van der Waals surface area contributed by atoms with Crippen LogP contribution in [0.1, 0.15) is 23.2 Å². The number of rotatable bonds is 4. The van der Waals surface area contributed by atoms with Gasteiger partial charge in [0.05, 0.1) is 20.3 Å². The SMILES string of the molecule is COc1cccc(-c2cccc(C(=O)N3CCCC3C(=O)N3CCOCC3)c2)c1. The standard InChI is InChI=1S/C23H26N2O4/c1-28-20-8-3-6-18(16-20)17-5-2-7-19(15-17)22(26)25-10-4-9-21(25)23(27)24-11-13-29-14-12-24/h2-3,5-8,15-16,21H,4,9-14H2,1H3. The molecule has 2 amide bonds. The Balaban J connectivity index is 1.54. The summed E-state index contributed by atoms with van der Waals surface area (Å²) < 4.78 is 10.7. The van der Waals surface area contributed by atoms with Gasteiger partial charge in [-0.15, -0.1) is 0 Å². The van der Waals surface area contributed by atoms with Crippen LogP contribution in [0.4, 0.5) is 0 Å². The summed E-state index contributed by atoms with van der Waals surface area (Å²) >= 11 is 0. The number of benzene rings is 2. The molecule has 0 bridgehead atoms. The van der Waals surface area contributed by atoms with Crippen LogP contribution in [0.25, 0.3) is 11.1 Å². The van der Waals surface area contributed by atoms with Gasteiger partial charge < -0.3 is 19.3 Å². The summed E-state index contributed by atoms with van der Waals surface area (Å²) in [7, 11) is 1.64. The highest BCUT2D eigenvalue weighted by molar-refractivity contribution is 5.99. The monoisotopic (exact) mass is 394 g/mol. The van der Waals surface area contributed by atoms with Crippen molar-refractivity contribution >= 4 is 11.8 Å². The minimum atomic E-state index is -0.374. The Labute approximate surface area is 171 Å². The fourth-order valence-electron chi connectivity index (χ4n) is 4.06. The fraction of sp³-hybridized carbons (Fsp3) is 0.391. The third kappa shape index (κ3) is 4.12. The molecule has 6 nitrogen and oxygen atoms in total. The van der Waals surface area contributed by atoms with Gasteiger partial charge in [0.25, 0.3) is 5.91 Å². The molecule has 2 aliphatic heterocycles. The van der Waals surface area contributed by atoms with Crippen molar-refractivity contribution in [2.24, 2.45) is 0 Å². The van der Waals surface area contributed by atoms with E-state index in [0.29, 0.717) is 38.4 Å². The van der Waals surface area contributed by atoms with E-state index in [0.717, 1.165) is 29.7 Å². The zero-order valence-corrected chi connectivity index (χ0v) is 16.7. The van der Waals surface area contributed by atoms with E-state index in [1.54, 1.807) is 12.0 Å². The molecule has 2 aliphatic rings. The van der Waals surface area contributed by atoms with Crippen molar-refractivity contribution < 1.29 is 19.1 Å². The van der Waals surface area contributed by atoms with Crippen LogP contribution in [0.3, 0.4) is 0 Å². The van der Waals surface area contributed by atoms with E-state index >= 15 is 0 Å². The quantitative estimate of drug-likeness (QED) is 0.800. The van der Waals surface area contributed by atoms with Crippen molar-refractivity contribution in [1.82, 2.24) is 9.80 Å². The molecule has 0 aliphatic carbocycles. The number of amides is 2. The van der Waals surface area contributed by atoms with E-state index in [2.05, 4.69) is 0 Å². The lowest BCUT2D eigenvalue weighted by molar-refractivity contribution is -0.139. The number of carbonyl (C=O) groups is 2. The van der Waals surface area contributed by atoms with E-state index in [1.165, 1.54) is 0 Å². The number of likely N-dealkylation sites (tertiary alicyclic amines) is 1. The normalized spacial score (nSPS) is 19.3. The molecule has 1 unspecified atom stereocenters. The summed E-state index contributed by atoms with van der Waals surface area (Å²) in [5.41, 5.74) is 2.54. The van der Waals surface area contributed by atoms with Gasteiger partial charge in [0.15, 0.2) is 0 Å². The number of ether oxygens (including phenoxy) is 2. The van der Waals surface area contributed by atoms with Gasteiger partial charge in [0, 0.05) is 25.2 Å². The first kappa shape index (κ1) is 19.5. The molecule has 1 atom stereocenters. The molecule has 152 valence electrons. The van der Waals surface area contributed by atoms with Crippen LogP contribution in [0, 0.1) is 0 Å². The Morgan fingerprint density at radius 1 is 1.00 bits per heavy atom. The minimum absolute atomic E-state index is 0.0445. The van der Waals surface area contributed by atoms with Crippen molar-refractivity contribution in [3.63, 3.8) is 0 Å². The number of carbonyl (C=O) groups excluding carboxylic acids is 2. The molecular formula is C23H26N2O4. The zero-order valence-electron chi connectivity index (χ0n) is 16.7. The van der Waals surface area contributed by atoms with Gasteiger partial charge in [-0.25, -0.2) is 0 Å². The van der Waals surface area contributed by atoms with Crippen LogP contribution >= 0.6 is 0 Å². The van der Waals surface area contributed by atoms with Crippen molar-refractivity contribution in [3.8, 4) is 16.9 Å². The second-order valence-electron chi connectivity index (χ2n) is 7.41. The first-order valence-electron chi connectivity index (χ1n) is 10.1. The fourth-order valence-corrected chi connectivity index (χ4v) is 4.06. The molecule has 4 rings (SSSR count). The highest BCUT2D eigenvalue weighted by Crippen LogP contribution is 2.27. The van der Waals surface area contributed by atoms with Crippen LogP contribution in [0.15, 0.2) is 48.5 Å². The summed E-state index contributed by atoms with van der Waals surface area (Å²) in [5.74, 6) is 0.733. The first-order chi connectivity index (χ1) is 14.2. The second-order valence-corrected chi connectivity index (χ2v) is 7.41. The lowest BCUT2D eigenvalue weighted by Crippen LogP contribution is -2.51. The predicted molar refractivity (Wildman–Crippen MR) is 110 cm³/mol. The highest BCUT2D eigenvalue weighted by atomic mass is 16.5. The van der Waals surface area contributed by atoms with E-state index < -0.39 is 0 Å². The Morgan fingerprint density at radius 3 is 2.48 bits per heavy atom. The third-order valence-corrected chi connectivity index (χ3v) is 5.63. The van der Waals surface area contributed by atoms with Gasteiger partial charge in [0.2, 0.25) is 5.91 Å². The van der Waals surface area contributed by atoms with Gasteiger partial charge >= 0.3 is 0 Å². The third-order valence-electron chi connectivity index (χ3n) is 5.63. The van der Waals surface area contributed by atoms with Crippen molar-refractivity contribution in [1.29, 1.82) is 0 Å². The van der Waals surface area contributed by atoms with Gasteiger partial charge in [-0.2, -0.15) is 0 Å². The van der Waals surface area contributed by atoms with Crippen molar-refractivity contribution in [2.75, 3.05) is 40.0 Å². The molecule has 2 aromatic carbocycles. The molecule has 29 heavy (non-hydrogen) atoms. The minimum Gasteiger partial charge on any atom is -0.497 e. The smallest absolute Gasteiger partial charge is 0.254 e. The van der Waals surface area contributed by atoms with Gasteiger partial charge in [0.1, 0.15) is 11.8 Å². The van der Waals surface area contributed by atoms with E-state index in [4.69, 9.17) is 9.47 Å². The van der Waals surface area contributed by atoms with Gasteiger partial charge in [-0.1, -0.05) is 24.3 Å². The van der Waals surface area contributed by atoms with E-state index in [-0.39, 0.29) is 17.9 Å². The maximum atomic E-state index is 13.3. The number of hydrogen-bond donors (Lipinski definition) is 0. The Kier molecular flexibility index (Phi) is 5.81. The average Bonchev–Trinajstić information content (AvgIpc) is 3.28. The molecule has 6 heteroatoms. The number of hydrogen-bond acceptors (Lipinski definition) is 4. The zero-order chi connectivity index (χ0) is 20.2. The first-order valence-corrected chi connectivity index (χ1v) is 10.1. The van der Waals surface area contributed by atoms with Gasteiger partial charge in [-0.3, -0.25) is 9.59 Å². The van der Waals surface area contributed by atoms with Crippen LogP contribution in [-0.2, 0) is 9.53 Å². The summed E-state index contributed by atoms with van der Waals surface area (Å²) in [6, 6.07) is 15.0. The molecule has 2 aromatic rings. The van der Waals surface area contributed by atoms with Crippen LogP contribution in [0.5, 0.6) is 5.75 Å².